The molecule has 0 aliphatic heterocycles. The van der Waals surface area contributed by atoms with Crippen molar-refractivity contribution >= 4 is 5.91 Å². The predicted octanol–water partition coefficient (Wildman–Crippen LogP) is 4.49. The maximum absolute atomic E-state index is 12.7. The number of hydrogen-bond acceptors (Lipinski definition) is 4. The lowest BCUT2D eigenvalue weighted by Gasteiger charge is -2.19. The van der Waals surface area contributed by atoms with Crippen molar-refractivity contribution in [3.05, 3.63) is 107 Å². The van der Waals surface area contributed by atoms with Gasteiger partial charge in [-0.2, -0.15) is 4.98 Å². The molecular formula is C24H21N3O2. The summed E-state index contributed by atoms with van der Waals surface area (Å²) >= 11 is 0. The first-order valence-electron chi connectivity index (χ1n) is 9.48. The third-order valence-corrected chi connectivity index (χ3v) is 4.73. The van der Waals surface area contributed by atoms with E-state index in [1.54, 1.807) is 0 Å². The molecule has 29 heavy (non-hydrogen) atoms. The van der Waals surface area contributed by atoms with Crippen LogP contribution in [0, 0.1) is 6.92 Å². The Bertz CT molecular complexity index is 1050. The largest absolute Gasteiger partial charge is 0.345 e. The van der Waals surface area contributed by atoms with Crippen LogP contribution in [0.25, 0.3) is 11.5 Å². The highest BCUT2D eigenvalue weighted by Gasteiger charge is 2.19. The molecule has 0 saturated heterocycles. The average Bonchev–Trinajstić information content (AvgIpc) is 3.21. The molecule has 4 rings (SSSR count). The number of benzene rings is 3. The second-order valence-corrected chi connectivity index (χ2v) is 6.83. The van der Waals surface area contributed by atoms with Gasteiger partial charge in [0.15, 0.2) is 5.82 Å². The summed E-state index contributed by atoms with van der Waals surface area (Å²) in [5, 5.41) is 7.08. The third kappa shape index (κ3) is 4.41. The van der Waals surface area contributed by atoms with Crippen LogP contribution in [0.5, 0.6) is 0 Å². The minimum absolute atomic E-state index is 0.0472. The number of aromatic nitrogens is 2. The normalized spacial score (nSPS) is 10.8. The molecule has 1 aromatic heterocycles. The van der Waals surface area contributed by atoms with Crippen LogP contribution >= 0.6 is 0 Å². The number of carbonyl (C=O) groups excluding carboxylic acids is 1. The van der Waals surface area contributed by atoms with E-state index in [9.17, 15) is 4.79 Å². The standard InChI is InChI=1S/C24H21N3O2/c1-17-10-8-9-15-20(17)24-25-21(27-29-24)16-22(28)26-23(18-11-4-2-5-12-18)19-13-6-3-7-14-19/h2-15,23H,16H2,1H3,(H,26,28). The lowest BCUT2D eigenvalue weighted by atomic mass is 9.98. The smallest absolute Gasteiger partial charge is 0.258 e. The van der Waals surface area contributed by atoms with E-state index in [1.807, 2.05) is 91.9 Å². The molecule has 5 heteroatoms. The SMILES string of the molecule is Cc1ccccc1-c1nc(CC(=O)NC(c2ccccc2)c2ccccc2)no1. The van der Waals surface area contributed by atoms with Crippen molar-refractivity contribution in [3.63, 3.8) is 0 Å². The fourth-order valence-electron chi connectivity index (χ4n) is 3.25. The van der Waals surface area contributed by atoms with E-state index in [4.69, 9.17) is 4.52 Å². The van der Waals surface area contributed by atoms with Crippen LogP contribution in [0.1, 0.15) is 28.6 Å². The van der Waals surface area contributed by atoms with Gasteiger partial charge in [-0.1, -0.05) is 84.0 Å². The minimum Gasteiger partial charge on any atom is -0.345 e. The fourth-order valence-corrected chi connectivity index (χ4v) is 3.25. The lowest BCUT2D eigenvalue weighted by Crippen LogP contribution is -2.30. The van der Waals surface area contributed by atoms with E-state index in [0.717, 1.165) is 22.3 Å². The highest BCUT2D eigenvalue weighted by Crippen LogP contribution is 2.23. The van der Waals surface area contributed by atoms with Crippen LogP contribution in [0.2, 0.25) is 0 Å². The van der Waals surface area contributed by atoms with Gasteiger partial charge in [0, 0.05) is 5.56 Å². The van der Waals surface area contributed by atoms with Crippen LogP contribution in [0.3, 0.4) is 0 Å². The number of hydrogen-bond donors (Lipinski definition) is 1. The van der Waals surface area contributed by atoms with Crippen molar-refractivity contribution in [3.8, 4) is 11.5 Å². The third-order valence-electron chi connectivity index (χ3n) is 4.73. The average molecular weight is 383 g/mol. The number of nitrogens with zero attached hydrogens (tertiary/aromatic N) is 2. The first-order valence-corrected chi connectivity index (χ1v) is 9.48. The van der Waals surface area contributed by atoms with Crippen molar-refractivity contribution < 1.29 is 9.32 Å². The Morgan fingerprint density at radius 1 is 0.897 bits per heavy atom. The Morgan fingerprint density at radius 3 is 2.10 bits per heavy atom. The number of aryl methyl sites for hydroxylation is 1. The highest BCUT2D eigenvalue weighted by atomic mass is 16.5. The summed E-state index contributed by atoms with van der Waals surface area (Å²) in [5.74, 6) is 0.619. The summed E-state index contributed by atoms with van der Waals surface area (Å²) in [6.45, 7) is 1.98. The molecule has 0 bridgehead atoms. The van der Waals surface area contributed by atoms with Gasteiger partial charge in [0.25, 0.3) is 5.89 Å². The van der Waals surface area contributed by atoms with Crippen molar-refractivity contribution in [2.24, 2.45) is 0 Å². The van der Waals surface area contributed by atoms with E-state index in [1.165, 1.54) is 0 Å². The van der Waals surface area contributed by atoms with Crippen LogP contribution in [-0.2, 0) is 11.2 Å². The molecule has 1 amide bonds. The molecule has 0 aliphatic carbocycles. The zero-order valence-electron chi connectivity index (χ0n) is 16.1. The minimum atomic E-state index is -0.243. The van der Waals surface area contributed by atoms with Gasteiger partial charge in [0.1, 0.15) is 0 Å². The Balaban J connectivity index is 1.51. The van der Waals surface area contributed by atoms with Crippen molar-refractivity contribution in [2.45, 2.75) is 19.4 Å². The molecule has 3 aromatic carbocycles. The van der Waals surface area contributed by atoms with Gasteiger partial charge in [-0.25, -0.2) is 0 Å². The van der Waals surface area contributed by atoms with Gasteiger partial charge in [-0.05, 0) is 29.7 Å². The van der Waals surface area contributed by atoms with E-state index < -0.39 is 0 Å². The van der Waals surface area contributed by atoms with Crippen LogP contribution in [0.15, 0.2) is 89.5 Å². The molecule has 0 aliphatic rings. The molecule has 0 radical (unpaired) electrons. The number of amides is 1. The van der Waals surface area contributed by atoms with E-state index in [0.29, 0.717) is 11.7 Å². The van der Waals surface area contributed by atoms with E-state index >= 15 is 0 Å². The molecule has 0 unspecified atom stereocenters. The Kier molecular flexibility index (Phi) is 5.47. The molecule has 1 heterocycles. The van der Waals surface area contributed by atoms with Crippen molar-refractivity contribution in [1.82, 2.24) is 15.5 Å². The molecule has 0 saturated carbocycles. The molecule has 144 valence electrons. The summed E-state index contributed by atoms with van der Waals surface area (Å²) in [6.07, 6.45) is 0.0472. The maximum atomic E-state index is 12.7. The molecule has 4 aromatic rings. The maximum Gasteiger partial charge on any atom is 0.258 e. The Morgan fingerprint density at radius 2 is 1.48 bits per heavy atom. The van der Waals surface area contributed by atoms with Crippen molar-refractivity contribution in [1.29, 1.82) is 0 Å². The molecule has 0 atom stereocenters. The van der Waals surface area contributed by atoms with Gasteiger partial charge in [-0.3, -0.25) is 4.79 Å². The monoisotopic (exact) mass is 383 g/mol. The van der Waals surface area contributed by atoms with Crippen LogP contribution < -0.4 is 5.32 Å². The summed E-state index contributed by atoms with van der Waals surface area (Å²) in [7, 11) is 0. The van der Waals surface area contributed by atoms with Gasteiger partial charge in [0.2, 0.25) is 5.91 Å². The second kappa shape index (κ2) is 8.52. The first kappa shape index (κ1) is 18.6. The lowest BCUT2D eigenvalue weighted by molar-refractivity contribution is -0.121. The Hall–Kier alpha value is -3.73. The van der Waals surface area contributed by atoms with Crippen molar-refractivity contribution in [2.75, 3.05) is 0 Å². The topological polar surface area (TPSA) is 68.0 Å². The Labute approximate surface area is 169 Å². The van der Waals surface area contributed by atoms with Gasteiger partial charge < -0.3 is 9.84 Å². The van der Waals surface area contributed by atoms with Gasteiger partial charge in [-0.15, -0.1) is 0 Å². The second-order valence-electron chi connectivity index (χ2n) is 6.83. The molecule has 5 nitrogen and oxygen atoms in total. The van der Waals surface area contributed by atoms with Gasteiger partial charge >= 0.3 is 0 Å². The summed E-state index contributed by atoms with van der Waals surface area (Å²) in [6, 6.07) is 27.3. The quantitative estimate of drug-likeness (QED) is 0.533. The van der Waals surface area contributed by atoms with Crippen LogP contribution in [0.4, 0.5) is 0 Å². The van der Waals surface area contributed by atoms with Gasteiger partial charge in [0.05, 0.1) is 12.5 Å². The molecule has 0 fully saturated rings. The summed E-state index contributed by atoms with van der Waals surface area (Å²) < 4.78 is 5.37. The molecule has 0 spiro atoms. The number of carbonyl (C=O) groups is 1. The molecular weight excluding hydrogens is 362 g/mol. The molecule has 1 N–H and O–H groups in total. The van der Waals surface area contributed by atoms with Crippen LogP contribution in [-0.4, -0.2) is 16.0 Å². The van der Waals surface area contributed by atoms with E-state index in [2.05, 4.69) is 15.5 Å². The first-order chi connectivity index (χ1) is 14.2. The summed E-state index contributed by atoms with van der Waals surface area (Å²) in [4.78, 5) is 17.1. The zero-order valence-corrected chi connectivity index (χ0v) is 16.1. The number of nitrogens with one attached hydrogen (secondary N) is 1. The fraction of sp³-hybridized carbons (Fsp3) is 0.125. The number of rotatable bonds is 6. The summed E-state index contributed by atoms with van der Waals surface area (Å²) in [5.41, 5.74) is 3.94. The zero-order chi connectivity index (χ0) is 20.1. The highest BCUT2D eigenvalue weighted by molar-refractivity contribution is 5.78. The predicted molar refractivity (Wildman–Crippen MR) is 111 cm³/mol. The van der Waals surface area contributed by atoms with E-state index in [-0.39, 0.29) is 18.4 Å².